The number of thiophene rings is 1. The Morgan fingerprint density at radius 2 is 0.942 bits per heavy atom. The standard InChI is InChI=1S/C46H26N4S2/c1-3-10-29(11-4-1)43-48-44(33-18-15-27-9-7-8-14-31(27)25-33)50-45(49-43)34-19-21-35-32(26-34)17-16-28-20-24-38-40(39(28)35)36-22-23-37-42(41(36)51-38)52-46(47-37)30-12-5-2-6-13-30/h1-26H. The molecule has 0 saturated carbocycles. The highest BCUT2D eigenvalue weighted by atomic mass is 32.1. The smallest absolute Gasteiger partial charge is 0.164 e. The van der Waals surface area contributed by atoms with Crippen LogP contribution in [-0.2, 0) is 0 Å². The van der Waals surface area contributed by atoms with Gasteiger partial charge < -0.3 is 0 Å². The summed E-state index contributed by atoms with van der Waals surface area (Å²) in [7, 11) is 0. The Hall–Kier alpha value is -6.34. The van der Waals surface area contributed by atoms with Crippen molar-refractivity contribution in [1.82, 2.24) is 19.9 Å². The second-order valence-corrected chi connectivity index (χ2v) is 15.1. The second kappa shape index (κ2) is 11.6. The molecule has 3 aromatic heterocycles. The zero-order valence-corrected chi connectivity index (χ0v) is 29.2. The number of hydrogen-bond donors (Lipinski definition) is 0. The number of aromatic nitrogens is 4. The van der Waals surface area contributed by atoms with Gasteiger partial charge in [-0.15, -0.1) is 22.7 Å². The van der Waals surface area contributed by atoms with Gasteiger partial charge in [0.2, 0.25) is 0 Å². The molecule has 0 atom stereocenters. The van der Waals surface area contributed by atoms with Gasteiger partial charge in [0, 0.05) is 37.7 Å². The first-order chi connectivity index (χ1) is 25.7. The summed E-state index contributed by atoms with van der Waals surface area (Å²) in [6.45, 7) is 0. The molecule has 8 aromatic carbocycles. The lowest BCUT2D eigenvalue weighted by Gasteiger charge is -2.11. The molecule has 0 saturated heterocycles. The molecule has 0 spiro atoms. The predicted molar refractivity (Wildman–Crippen MR) is 220 cm³/mol. The molecule has 11 aromatic rings. The van der Waals surface area contributed by atoms with Crippen molar-refractivity contribution in [2.24, 2.45) is 0 Å². The van der Waals surface area contributed by atoms with Crippen molar-refractivity contribution < 1.29 is 0 Å². The van der Waals surface area contributed by atoms with Crippen molar-refractivity contribution in [3.8, 4) is 44.7 Å². The summed E-state index contributed by atoms with van der Waals surface area (Å²) >= 11 is 3.65. The molecule has 0 N–H and O–H groups in total. The summed E-state index contributed by atoms with van der Waals surface area (Å²) in [6.07, 6.45) is 0. The van der Waals surface area contributed by atoms with Crippen LogP contribution >= 0.6 is 22.7 Å². The largest absolute Gasteiger partial charge is 0.236 e. The number of benzene rings is 8. The van der Waals surface area contributed by atoms with Gasteiger partial charge in [-0.2, -0.15) is 0 Å². The minimum atomic E-state index is 0.653. The van der Waals surface area contributed by atoms with Crippen molar-refractivity contribution in [2.75, 3.05) is 0 Å². The fraction of sp³-hybridized carbons (Fsp3) is 0. The van der Waals surface area contributed by atoms with Crippen molar-refractivity contribution in [2.45, 2.75) is 0 Å². The first-order valence-corrected chi connectivity index (χ1v) is 18.8. The monoisotopic (exact) mass is 698 g/mol. The van der Waals surface area contributed by atoms with E-state index in [1.165, 1.54) is 46.4 Å². The van der Waals surface area contributed by atoms with Crippen molar-refractivity contribution in [3.05, 3.63) is 158 Å². The lowest BCUT2D eigenvalue weighted by Crippen LogP contribution is -2.00. The first-order valence-electron chi connectivity index (χ1n) is 17.2. The van der Waals surface area contributed by atoms with Gasteiger partial charge in [-0.1, -0.05) is 133 Å². The molecule has 0 aliphatic rings. The van der Waals surface area contributed by atoms with Crippen LogP contribution in [-0.4, -0.2) is 19.9 Å². The Labute approximate surface area is 306 Å². The van der Waals surface area contributed by atoms with Gasteiger partial charge >= 0.3 is 0 Å². The summed E-state index contributed by atoms with van der Waals surface area (Å²) in [5.41, 5.74) is 5.08. The Balaban J connectivity index is 1.09. The summed E-state index contributed by atoms with van der Waals surface area (Å²) in [4.78, 5) is 20.1. The van der Waals surface area contributed by atoms with Crippen LogP contribution in [0.25, 0.3) is 107 Å². The Kier molecular flexibility index (Phi) is 6.56. The maximum absolute atomic E-state index is 5.09. The Morgan fingerprint density at radius 3 is 1.73 bits per heavy atom. The van der Waals surface area contributed by atoms with E-state index in [1.54, 1.807) is 11.3 Å². The topological polar surface area (TPSA) is 51.6 Å². The average Bonchev–Trinajstić information content (AvgIpc) is 3.83. The molecule has 6 heteroatoms. The van der Waals surface area contributed by atoms with Crippen LogP contribution in [0.5, 0.6) is 0 Å². The van der Waals surface area contributed by atoms with Crippen LogP contribution in [0.3, 0.4) is 0 Å². The molecule has 3 heterocycles. The summed E-state index contributed by atoms with van der Waals surface area (Å²) in [5.74, 6) is 1.97. The van der Waals surface area contributed by atoms with Gasteiger partial charge in [0.25, 0.3) is 0 Å². The lowest BCUT2D eigenvalue weighted by molar-refractivity contribution is 1.08. The molecule has 52 heavy (non-hydrogen) atoms. The van der Waals surface area contributed by atoms with Crippen LogP contribution in [0.4, 0.5) is 0 Å². The van der Waals surface area contributed by atoms with E-state index >= 15 is 0 Å². The van der Waals surface area contributed by atoms with E-state index in [-0.39, 0.29) is 0 Å². The van der Waals surface area contributed by atoms with Crippen LogP contribution < -0.4 is 0 Å². The van der Waals surface area contributed by atoms with Crippen LogP contribution in [0.1, 0.15) is 0 Å². The zero-order valence-electron chi connectivity index (χ0n) is 27.6. The maximum atomic E-state index is 5.09. The van der Waals surface area contributed by atoms with E-state index in [0.717, 1.165) is 43.6 Å². The van der Waals surface area contributed by atoms with E-state index in [0.29, 0.717) is 17.5 Å². The van der Waals surface area contributed by atoms with Crippen LogP contribution in [0.15, 0.2) is 158 Å². The molecular weight excluding hydrogens is 673 g/mol. The Bertz CT molecular complexity index is 3180. The summed E-state index contributed by atoms with van der Waals surface area (Å²) < 4.78 is 3.83. The quantitative estimate of drug-likeness (QED) is 0.172. The van der Waals surface area contributed by atoms with Crippen LogP contribution in [0.2, 0.25) is 0 Å². The predicted octanol–water partition coefficient (Wildman–Crippen LogP) is 13.0. The van der Waals surface area contributed by atoms with E-state index in [1.807, 2.05) is 29.5 Å². The molecule has 0 bridgehead atoms. The number of fused-ring (bicyclic) bond motifs is 10. The highest BCUT2D eigenvalue weighted by molar-refractivity contribution is 7.32. The highest BCUT2D eigenvalue weighted by Crippen LogP contribution is 2.46. The fourth-order valence-electron chi connectivity index (χ4n) is 7.39. The highest BCUT2D eigenvalue weighted by Gasteiger charge is 2.18. The maximum Gasteiger partial charge on any atom is 0.164 e. The van der Waals surface area contributed by atoms with E-state index < -0.39 is 0 Å². The average molecular weight is 699 g/mol. The lowest BCUT2D eigenvalue weighted by atomic mass is 9.96. The second-order valence-electron chi connectivity index (χ2n) is 13.1. The van der Waals surface area contributed by atoms with Crippen molar-refractivity contribution in [1.29, 1.82) is 0 Å². The van der Waals surface area contributed by atoms with E-state index in [2.05, 4.69) is 140 Å². The molecule has 0 unspecified atom stereocenters. The summed E-state index contributed by atoms with van der Waals surface area (Å²) in [6, 6.07) is 55.5. The third kappa shape index (κ3) is 4.73. The summed E-state index contributed by atoms with van der Waals surface area (Å²) in [5, 5.41) is 10.8. The van der Waals surface area contributed by atoms with Crippen molar-refractivity contribution in [3.63, 3.8) is 0 Å². The van der Waals surface area contributed by atoms with E-state index in [9.17, 15) is 0 Å². The molecule has 242 valence electrons. The normalized spacial score (nSPS) is 11.8. The van der Waals surface area contributed by atoms with Crippen LogP contribution in [0, 0.1) is 0 Å². The SMILES string of the molecule is c1ccc(-c2nc(-c3ccc4ccccc4c3)nc(-c3ccc4c(ccc5ccc6sc7c(ccc8nc(-c9ccccc9)sc87)c6c54)c3)n2)cc1. The zero-order chi connectivity index (χ0) is 34.2. The molecule has 0 fully saturated rings. The van der Waals surface area contributed by atoms with Crippen molar-refractivity contribution >= 4 is 85.4 Å². The first kappa shape index (κ1) is 29.4. The molecule has 0 aliphatic carbocycles. The van der Waals surface area contributed by atoms with Gasteiger partial charge in [-0.25, -0.2) is 19.9 Å². The molecule has 0 aliphatic heterocycles. The van der Waals surface area contributed by atoms with Gasteiger partial charge in [0.05, 0.1) is 14.9 Å². The number of rotatable bonds is 4. The molecule has 4 nitrogen and oxygen atoms in total. The number of hydrogen-bond acceptors (Lipinski definition) is 6. The number of nitrogens with zero attached hydrogens (tertiary/aromatic N) is 4. The minimum absolute atomic E-state index is 0.653. The molecular formula is C46H26N4S2. The fourth-order valence-corrected chi connectivity index (χ4v) is 9.80. The van der Waals surface area contributed by atoms with Gasteiger partial charge in [-0.05, 0) is 56.6 Å². The van der Waals surface area contributed by atoms with E-state index in [4.69, 9.17) is 19.9 Å². The molecule has 11 rings (SSSR count). The van der Waals surface area contributed by atoms with Gasteiger partial charge in [0.1, 0.15) is 5.01 Å². The molecule has 0 amide bonds. The third-order valence-corrected chi connectivity index (χ3v) is 12.4. The minimum Gasteiger partial charge on any atom is -0.236 e. The van der Waals surface area contributed by atoms with Gasteiger partial charge in [0.15, 0.2) is 17.5 Å². The third-order valence-electron chi connectivity index (χ3n) is 9.91. The number of thiazole rings is 1. The van der Waals surface area contributed by atoms with Gasteiger partial charge in [-0.3, -0.25) is 0 Å². The Morgan fingerprint density at radius 1 is 0.346 bits per heavy atom. The molecule has 0 radical (unpaired) electrons.